The summed E-state index contributed by atoms with van der Waals surface area (Å²) >= 11 is 0. The van der Waals surface area contributed by atoms with Gasteiger partial charge in [0, 0.05) is 25.4 Å². The Hall–Kier alpha value is -0.830. The molecule has 0 aliphatic heterocycles. The van der Waals surface area contributed by atoms with E-state index in [4.69, 9.17) is 0 Å². The Morgan fingerprint density at radius 1 is 1.11 bits per heavy atom. The van der Waals surface area contributed by atoms with Crippen molar-refractivity contribution in [2.24, 2.45) is 7.05 Å². The standard InChI is InChI=1S/C15H29N3/c1-4-5-6-7-8-9-10-11-16-12-15-13-18(3)17-14(15)2/h13,16H,4-12H2,1-3H3. The molecule has 1 rings (SSSR count). The van der Waals surface area contributed by atoms with Gasteiger partial charge in [0.05, 0.1) is 5.69 Å². The number of unbranched alkanes of at least 4 members (excludes halogenated alkanes) is 6. The van der Waals surface area contributed by atoms with Crippen LogP contribution in [-0.2, 0) is 13.6 Å². The van der Waals surface area contributed by atoms with Crippen LogP contribution >= 0.6 is 0 Å². The van der Waals surface area contributed by atoms with Crippen molar-refractivity contribution < 1.29 is 0 Å². The topological polar surface area (TPSA) is 29.9 Å². The smallest absolute Gasteiger partial charge is 0.0638 e. The maximum atomic E-state index is 4.34. The van der Waals surface area contributed by atoms with E-state index >= 15 is 0 Å². The van der Waals surface area contributed by atoms with Crippen LogP contribution in [0.25, 0.3) is 0 Å². The van der Waals surface area contributed by atoms with Gasteiger partial charge in [0.1, 0.15) is 0 Å². The Bertz CT molecular complexity index is 318. The monoisotopic (exact) mass is 251 g/mol. The fraction of sp³-hybridized carbons (Fsp3) is 0.800. The first-order valence-electron chi connectivity index (χ1n) is 7.44. The Kier molecular flexibility index (Phi) is 7.74. The molecule has 0 atom stereocenters. The predicted molar refractivity (Wildman–Crippen MR) is 77.6 cm³/mol. The third kappa shape index (κ3) is 6.20. The van der Waals surface area contributed by atoms with Gasteiger partial charge in [0.25, 0.3) is 0 Å². The van der Waals surface area contributed by atoms with Gasteiger partial charge in [-0.05, 0) is 19.9 Å². The van der Waals surface area contributed by atoms with Crippen molar-refractivity contribution in [1.29, 1.82) is 0 Å². The Morgan fingerprint density at radius 2 is 1.78 bits per heavy atom. The Labute approximate surface area is 112 Å². The number of aryl methyl sites for hydroxylation is 2. The summed E-state index contributed by atoms with van der Waals surface area (Å²) in [5, 5.41) is 7.85. The molecular weight excluding hydrogens is 222 g/mol. The number of aromatic nitrogens is 2. The lowest BCUT2D eigenvalue weighted by molar-refractivity contribution is 0.562. The van der Waals surface area contributed by atoms with Gasteiger partial charge in [-0.1, -0.05) is 45.4 Å². The molecular formula is C15H29N3. The minimum Gasteiger partial charge on any atom is -0.313 e. The zero-order valence-corrected chi connectivity index (χ0v) is 12.3. The van der Waals surface area contributed by atoms with Crippen molar-refractivity contribution in [2.75, 3.05) is 6.54 Å². The van der Waals surface area contributed by atoms with Crippen LogP contribution in [0.1, 0.15) is 63.1 Å². The van der Waals surface area contributed by atoms with Crippen LogP contribution in [0.4, 0.5) is 0 Å². The normalized spacial score (nSPS) is 11.1. The molecule has 0 saturated carbocycles. The van der Waals surface area contributed by atoms with E-state index in [1.807, 2.05) is 11.7 Å². The second-order valence-corrected chi connectivity index (χ2v) is 5.21. The van der Waals surface area contributed by atoms with Crippen LogP contribution in [0.3, 0.4) is 0 Å². The van der Waals surface area contributed by atoms with Gasteiger partial charge in [0.15, 0.2) is 0 Å². The van der Waals surface area contributed by atoms with Crippen LogP contribution in [0.5, 0.6) is 0 Å². The molecule has 0 spiro atoms. The molecule has 1 N–H and O–H groups in total. The van der Waals surface area contributed by atoms with Crippen molar-refractivity contribution in [1.82, 2.24) is 15.1 Å². The zero-order valence-electron chi connectivity index (χ0n) is 12.3. The average Bonchev–Trinajstić information content (AvgIpc) is 2.66. The predicted octanol–water partition coefficient (Wildman–Crippen LogP) is 3.57. The van der Waals surface area contributed by atoms with E-state index in [1.54, 1.807) is 0 Å². The largest absolute Gasteiger partial charge is 0.313 e. The number of nitrogens with one attached hydrogen (secondary N) is 1. The first-order chi connectivity index (χ1) is 8.74. The van der Waals surface area contributed by atoms with Gasteiger partial charge in [-0.15, -0.1) is 0 Å². The van der Waals surface area contributed by atoms with E-state index in [-0.39, 0.29) is 0 Å². The molecule has 1 aromatic heterocycles. The first kappa shape index (κ1) is 15.2. The molecule has 1 aromatic rings. The summed E-state index contributed by atoms with van der Waals surface area (Å²) in [5.74, 6) is 0. The molecule has 18 heavy (non-hydrogen) atoms. The fourth-order valence-corrected chi connectivity index (χ4v) is 2.25. The summed E-state index contributed by atoms with van der Waals surface area (Å²) in [6.07, 6.45) is 11.7. The van der Waals surface area contributed by atoms with Crippen LogP contribution in [0, 0.1) is 6.92 Å². The van der Waals surface area contributed by atoms with E-state index < -0.39 is 0 Å². The van der Waals surface area contributed by atoms with Gasteiger partial charge in [-0.3, -0.25) is 4.68 Å². The number of nitrogens with zero attached hydrogens (tertiary/aromatic N) is 2. The lowest BCUT2D eigenvalue weighted by Crippen LogP contribution is -2.14. The highest BCUT2D eigenvalue weighted by atomic mass is 15.2. The molecule has 0 saturated heterocycles. The maximum absolute atomic E-state index is 4.34. The number of hydrogen-bond donors (Lipinski definition) is 1. The van der Waals surface area contributed by atoms with Crippen LogP contribution < -0.4 is 5.32 Å². The quantitative estimate of drug-likeness (QED) is 0.644. The third-order valence-electron chi connectivity index (χ3n) is 3.39. The minimum atomic E-state index is 0.954. The lowest BCUT2D eigenvalue weighted by Gasteiger charge is -2.04. The van der Waals surface area contributed by atoms with Crippen LogP contribution in [0.2, 0.25) is 0 Å². The summed E-state index contributed by atoms with van der Waals surface area (Å²) in [6.45, 7) is 6.42. The minimum absolute atomic E-state index is 0.954. The summed E-state index contributed by atoms with van der Waals surface area (Å²) in [6, 6.07) is 0. The summed E-state index contributed by atoms with van der Waals surface area (Å²) in [5.41, 5.74) is 2.46. The molecule has 0 bridgehead atoms. The SMILES string of the molecule is CCCCCCCCCNCc1cn(C)nc1C. The number of rotatable bonds is 10. The molecule has 104 valence electrons. The molecule has 0 aliphatic rings. The molecule has 3 heteroatoms. The molecule has 0 unspecified atom stereocenters. The highest BCUT2D eigenvalue weighted by Gasteiger charge is 2.01. The van der Waals surface area contributed by atoms with Crippen molar-refractivity contribution >= 4 is 0 Å². The van der Waals surface area contributed by atoms with Gasteiger partial charge in [-0.2, -0.15) is 5.10 Å². The van der Waals surface area contributed by atoms with Crippen molar-refractivity contribution in [2.45, 2.75) is 65.3 Å². The highest BCUT2D eigenvalue weighted by Crippen LogP contribution is 2.07. The Morgan fingerprint density at radius 3 is 2.39 bits per heavy atom. The second kappa shape index (κ2) is 9.15. The lowest BCUT2D eigenvalue weighted by atomic mass is 10.1. The molecule has 0 aromatic carbocycles. The fourth-order valence-electron chi connectivity index (χ4n) is 2.25. The van der Waals surface area contributed by atoms with Gasteiger partial charge in [-0.25, -0.2) is 0 Å². The van der Waals surface area contributed by atoms with E-state index in [9.17, 15) is 0 Å². The van der Waals surface area contributed by atoms with Crippen LogP contribution in [-0.4, -0.2) is 16.3 Å². The summed E-state index contributed by atoms with van der Waals surface area (Å²) in [4.78, 5) is 0. The molecule has 3 nitrogen and oxygen atoms in total. The van der Waals surface area contributed by atoms with Crippen LogP contribution in [0.15, 0.2) is 6.20 Å². The van der Waals surface area contributed by atoms with E-state index in [0.717, 1.165) is 18.8 Å². The van der Waals surface area contributed by atoms with Crippen molar-refractivity contribution in [3.05, 3.63) is 17.5 Å². The first-order valence-corrected chi connectivity index (χ1v) is 7.44. The van der Waals surface area contributed by atoms with Gasteiger partial charge in [0.2, 0.25) is 0 Å². The average molecular weight is 251 g/mol. The maximum Gasteiger partial charge on any atom is 0.0638 e. The van der Waals surface area contributed by atoms with Crippen molar-refractivity contribution in [3.8, 4) is 0 Å². The highest BCUT2D eigenvalue weighted by molar-refractivity contribution is 5.14. The molecule has 0 amide bonds. The molecule has 0 radical (unpaired) electrons. The zero-order chi connectivity index (χ0) is 13.2. The van der Waals surface area contributed by atoms with Crippen molar-refractivity contribution in [3.63, 3.8) is 0 Å². The molecule has 0 aliphatic carbocycles. The van der Waals surface area contributed by atoms with E-state index in [1.165, 1.54) is 50.5 Å². The summed E-state index contributed by atoms with van der Waals surface area (Å²) in [7, 11) is 1.98. The number of hydrogen-bond acceptors (Lipinski definition) is 2. The third-order valence-corrected chi connectivity index (χ3v) is 3.39. The summed E-state index contributed by atoms with van der Waals surface area (Å²) < 4.78 is 1.89. The van der Waals surface area contributed by atoms with E-state index in [2.05, 4.69) is 30.5 Å². The van der Waals surface area contributed by atoms with E-state index in [0.29, 0.717) is 0 Å². The van der Waals surface area contributed by atoms with Gasteiger partial charge >= 0.3 is 0 Å². The van der Waals surface area contributed by atoms with Gasteiger partial charge < -0.3 is 5.32 Å². The second-order valence-electron chi connectivity index (χ2n) is 5.21. The molecule has 0 fully saturated rings. The molecule has 1 heterocycles. The Balaban J connectivity index is 1.94.